The van der Waals surface area contributed by atoms with Crippen molar-refractivity contribution in [2.45, 2.75) is 63.5 Å². The van der Waals surface area contributed by atoms with Crippen LogP contribution in [0.3, 0.4) is 0 Å². The van der Waals surface area contributed by atoms with E-state index in [1.165, 1.54) is 0 Å². The van der Waals surface area contributed by atoms with Crippen LogP contribution in [-0.4, -0.2) is 47.3 Å². The Labute approximate surface area is 142 Å². The molecule has 2 atom stereocenters. The van der Waals surface area contributed by atoms with Gasteiger partial charge in [0.05, 0.1) is 0 Å². The van der Waals surface area contributed by atoms with E-state index in [1.54, 1.807) is 6.92 Å². The largest absolute Gasteiger partial charge is 0.343 e. The summed E-state index contributed by atoms with van der Waals surface area (Å²) in [7, 11) is 0. The Hall–Kier alpha value is -1.59. The highest BCUT2D eigenvalue weighted by atomic mass is 16.2. The fourth-order valence-electron chi connectivity index (χ4n) is 5.70. The van der Waals surface area contributed by atoms with Gasteiger partial charge in [-0.15, -0.1) is 0 Å². The van der Waals surface area contributed by atoms with Crippen LogP contribution in [-0.2, 0) is 9.59 Å². The summed E-state index contributed by atoms with van der Waals surface area (Å²) in [5.41, 5.74) is -0.158. The molecule has 0 radical (unpaired) electrons. The fourth-order valence-corrected chi connectivity index (χ4v) is 5.70. The molecule has 2 N–H and O–H groups in total. The standard InChI is InChI=1S/C18H27N3O3/c1-11(22)21-4-2-15(3-5-21)19-17(24)20-18-8-12-6-13(9-18)16(23)14(7-12)10-18/h12-15H,2-10H2,1H3,(H2,19,20,24). The minimum absolute atomic E-state index is 0.0920. The topological polar surface area (TPSA) is 78.5 Å². The highest BCUT2D eigenvalue weighted by Crippen LogP contribution is 2.53. The number of carbonyl (C=O) groups is 3. The number of nitrogens with zero attached hydrogens (tertiary/aromatic N) is 1. The summed E-state index contributed by atoms with van der Waals surface area (Å²) in [6.45, 7) is 3.02. The lowest BCUT2D eigenvalue weighted by atomic mass is 9.52. The third-order valence-electron chi connectivity index (χ3n) is 6.65. The van der Waals surface area contributed by atoms with E-state index in [4.69, 9.17) is 0 Å². The van der Waals surface area contributed by atoms with Crippen LogP contribution >= 0.6 is 0 Å². The minimum Gasteiger partial charge on any atom is -0.343 e. The van der Waals surface area contributed by atoms with Crippen LogP contribution < -0.4 is 10.6 Å². The van der Waals surface area contributed by atoms with Gasteiger partial charge in [0.15, 0.2) is 0 Å². The third kappa shape index (κ3) is 2.80. The van der Waals surface area contributed by atoms with Crippen LogP contribution in [0.5, 0.6) is 0 Å². The molecule has 6 nitrogen and oxygen atoms in total. The van der Waals surface area contributed by atoms with Gasteiger partial charge in [-0.3, -0.25) is 9.59 Å². The van der Waals surface area contributed by atoms with E-state index in [2.05, 4.69) is 10.6 Å². The van der Waals surface area contributed by atoms with Crippen molar-refractivity contribution in [3.63, 3.8) is 0 Å². The second-order valence-corrected chi connectivity index (χ2v) is 8.41. The van der Waals surface area contributed by atoms with Gasteiger partial charge in [0.1, 0.15) is 5.78 Å². The average molecular weight is 333 g/mol. The van der Waals surface area contributed by atoms with Crippen LogP contribution in [0.4, 0.5) is 4.79 Å². The number of carbonyl (C=O) groups excluding carboxylic acids is 3. The Kier molecular flexibility index (Phi) is 3.81. The maximum atomic E-state index is 12.5. The van der Waals surface area contributed by atoms with Crippen molar-refractivity contribution in [2.75, 3.05) is 13.1 Å². The maximum absolute atomic E-state index is 12.5. The first-order chi connectivity index (χ1) is 11.4. The van der Waals surface area contributed by atoms with Crippen molar-refractivity contribution in [3.05, 3.63) is 0 Å². The number of urea groups is 1. The molecule has 4 saturated carbocycles. The normalized spacial score (nSPS) is 38.3. The van der Waals surface area contributed by atoms with Gasteiger partial charge in [-0.1, -0.05) is 0 Å². The first kappa shape index (κ1) is 15.9. The Bertz CT molecular complexity index is 550. The molecule has 4 bridgehead atoms. The molecule has 0 spiro atoms. The summed E-state index contributed by atoms with van der Waals surface area (Å²) in [6, 6.07) is 0.0434. The number of amides is 3. The second-order valence-electron chi connectivity index (χ2n) is 8.41. The molecular weight excluding hydrogens is 306 g/mol. The molecule has 6 heteroatoms. The summed E-state index contributed by atoms with van der Waals surface area (Å²) in [6.07, 6.45) is 6.38. The lowest BCUT2D eigenvalue weighted by molar-refractivity contribution is -0.142. The van der Waals surface area contributed by atoms with E-state index in [0.717, 1.165) is 44.9 Å². The molecule has 132 valence electrons. The summed E-state index contributed by atoms with van der Waals surface area (Å²) in [5.74, 6) is 1.52. The molecule has 0 aromatic rings. The zero-order valence-corrected chi connectivity index (χ0v) is 14.3. The van der Waals surface area contributed by atoms with Crippen molar-refractivity contribution in [2.24, 2.45) is 17.8 Å². The van der Waals surface area contributed by atoms with Crippen LogP contribution in [0.25, 0.3) is 0 Å². The second kappa shape index (κ2) is 5.74. The van der Waals surface area contributed by atoms with E-state index in [1.807, 2.05) is 4.90 Å². The lowest BCUT2D eigenvalue weighted by Gasteiger charge is -2.55. The van der Waals surface area contributed by atoms with Gasteiger partial charge >= 0.3 is 6.03 Å². The summed E-state index contributed by atoms with van der Waals surface area (Å²) < 4.78 is 0. The van der Waals surface area contributed by atoms with E-state index >= 15 is 0 Å². The maximum Gasteiger partial charge on any atom is 0.315 e. The SMILES string of the molecule is CC(=O)N1CCC(NC(=O)NC23CC4CC(C2)C(=O)C(C4)C3)CC1. The molecule has 5 rings (SSSR count). The molecular formula is C18H27N3O3. The Balaban J connectivity index is 1.32. The number of hydrogen-bond acceptors (Lipinski definition) is 3. The monoisotopic (exact) mass is 333 g/mol. The quantitative estimate of drug-likeness (QED) is 0.803. The molecule has 0 aromatic carbocycles. The molecule has 1 aliphatic heterocycles. The Morgan fingerprint density at radius 2 is 1.71 bits per heavy atom. The van der Waals surface area contributed by atoms with Gasteiger partial charge in [-0.05, 0) is 50.9 Å². The summed E-state index contributed by atoms with van der Waals surface area (Å²) in [4.78, 5) is 38.0. The number of Topliss-reactive ketones (excluding diaryl/α,β-unsaturated/α-hetero) is 1. The number of hydrogen-bond donors (Lipinski definition) is 2. The molecule has 1 saturated heterocycles. The number of likely N-dealkylation sites (tertiary alicyclic amines) is 1. The van der Waals surface area contributed by atoms with Gasteiger partial charge in [0.25, 0.3) is 0 Å². The lowest BCUT2D eigenvalue weighted by Crippen LogP contribution is -2.64. The van der Waals surface area contributed by atoms with E-state index in [9.17, 15) is 14.4 Å². The molecule has 2 unspecified atom stereocenters. The number of ketones is 1. The van der Waals surface area contributed by atoms with Crippen molar-refractivity contribution in [3.8, 4) is 0 Å². The van der Waals surface area contributed by atoms with Gasteiger partial charge in [0.2, 0.25) is 5.91 Å². The molecule has 5 fully saturated rings. The number of rotatable bonds is 2. The molecule has 5 aliphatic rings. The van der Waals surface area contributed by atoms with Crippen LogP contribution in [0.1, 0.15) is 51.9 Å². The Morgan fingerprint density at radius 1 is 1.08 bits per heavy atom. The van der Waals surface area contributed by atoms with Gasteiger partial charge in [-0.25, -0.2) is 4.79 Å². The molecule has 0 aromatic heterocycles. The fraction of sp³-hybridized carbons (Fsp3) is 0.833. The highest BCUT2D eigenvalue weighted by Gasteiger charge is 2.55. The Morgan fingerprint density at radius 3 is 2.29 bits per heavy atom. The van der Waals surface area contributed by atoms with Crippen molar-refractivity contribution < 1.29 is 14.4 Å². The van der Waals surface area contributed by atoms with Crippen LogP contribution in [0, 0.1) is 17.8 Å². The van der Waals surface area contributed by atoms with Gasteiger partial charge < -0.3 is 15.5 Å². The number of nitrogens with one attached hydrogen (secondary N) is 2. The van der Waals surface area contributed by atoms with E-state index in [-0.39, 0.29) is 35.4 Å². The first-order valence-electron chi connectivity index (χ1n) is 9.32. The third-order valence-corrected chi connectivity index (χ3v) is 6.65. The van der Waals surface area contributed by atoms with Crippen molar-refractivity contribution in [1.29, 1.82) is 0 Å². The minimum atomic E-state index is -0.158. The zero-order chi connectivity index (χ0) is 16.9. The summed E-state index contributed by atoms with van der Waals surface area (Å²) in [5, 5.41) is 6.34. The van der Waals surface area contributed by atoms with E-state index < -0.39 is 0 Å². The molecule has 4 aliphatic carbocycles. The first-order valence-corrected chi connectivity index (χ1v) is 9.32. The average Bonchev–Trinajstić information content (AvgIpc) is 2.51. The highest BCUT2D eigenvalue weighted by molar-refractivity contribution is 5.86. The van der Waals surface area contributed by atoms with E-state index in [0.29, 0.717) is 24.8 Å². The number of piperidine rings is 1. The smallest absolute Gasteiger partial charge is 0.315 e. The van der Waals surface area contributed by atoms with Crippen molar-refractivity contribution in [1.82, 2.24) is 15.5 Å². The zero-order valence-electron chi connectivity index (χ0n) is 14.3. The predicted molar refractivity (Wildman–Crippen MR) is 88.2 cm³/mol. The summed E-state index contributed by atoms with van der Waals surface area (Å²) >= 11 is 0. The van der Waals surface area contributed by atoms with Gasteiger partial charge in [0, 0.05) is 43.4 Å². The molecule has 1 heterocycles. The molecule has 3 amide bonds. The van der Waals surface area contributed by atoms with Gasteiger partial charge in [-0.2, -0.15) is 0 Å². The predicted octanol–water partition coefficient (Wildman–Crippen LogP) is 1.44. The van der Waals surface area contributed by atoms with Crippen LogP contribution in [0.15, 0.2) is 0 Å². The molecule has 24 heavy (non-hydrogen) atoms. The van der Waals surface area contributed by atoms with Crippen molar-refractivity contribution >= 4 is 17.7 Å². The van der Waals surface area contributed by atoms with Crippen LogP contribution in [0.2, 0.25) is 0 Å².